The standard InChI is InChI=1S/C14H31N3/c1-4-16(5-2)11-8-12-17(6-3)13-14-9-7-10-15-14/h14-15H,4-13H2,1-3H3. The van der Waals surface area contributed by atoms with Crippen LogP contribution in [0.15, 0.2) is 0 Å². The summed E-state index contributed by atoms with van der Waals surface area (Å²) in [6, 6.07) is 0.753. The van der Waals surface area contributed by atoms with Crippen LogP contribution < -0.4 is 5.32 Å². The van der Waals surface area contributed by atoms with Crippen molar-refractivity contribution in [2.24, 2.45) is 0 Å². The molecule has 1 unspecified atom stereocenters. The number of rotatable bonds is 9. The molecule has 0 radical (unpaired) electrons. The first-order valence-electron chi connectivity index (χ1n) is 7.48. The molecule has 1 N–H and O–H groups in total. The van der Waals surface area contributed by atoms with Gasteiger partial charge in [-0.3, -0.25) is 0 Å². The summed E-state index contributed by atoms with van der Waals surface area (Å²) >= 11 is 0. The van der Waals surface area contributed by atoms with E-state index in [-0.39, 0.29) is 0 Å². The summed E-state index contributed by atoms with van der Waals surface area (Å²) in [5.74, 6) is 0. The fourth-order valence-electron chi connectivity index (χ4n) is 2.66. The summed E-state index contributed by atoms with van der Waals surface area (Å²) < 4.78 is 0. The molecule has 102 valence electrons. The summed E-state index contributed by atoms with van der Waals surface area (Å²) in [5, 5.41) is 3.59. The Bertz CT molecular complexity index is 174. The second-order valence-electron chi connectivity index (χ2n) is 5.07. The van der Waals surface area contributed by atoms with Gasteiger partial charge in [0.05, 0.1) is 0 Å². The van der Waals surface area contributed by atoms with Crippen molar-refractivity contribution < 1.29 is 0 Å². The van der Waals surface area contributed by atoms with E-state index in [0.717, 1.165) is 6.04 Å². The first-order chi connectivity index (χ1) is 8.30. The van der Waals surface area contributed by atoms with E-state index in [1.54, 1.807) is 0 Å². The van der Waals surface area contributed by atoms with Crippen molar-refractivity contribution in [1.29, 1.82) is 0 Å². The molecule has 1 aliphatic rings. The van der Waals surface area contributed by atoms with Gasteiger partial charge < -0.3 is 15.1 Å². The third-order valence-corrected chi connectivity index (χ3v) is 3.93. The van der Waals surface area contributed by atoms with Crippen LogP contribution in [0.3, 0.4) is 0 Å². The minimum atomic E-state index is 0.753. The lowest BCUT2D eigenvalue weighted by atomic mass is 10.2. The highest BCUT2D eigenvalue weighted by Crippen LogP contribution is 2.07. The van der Waals surface area contributed by atoms with Crippen molar-refractivity contribution in [1.82, 2.24) is 15.1 Å². The van der Waals surface area contributed by atoms with Crippen molar-refractivity contribution in [2.45, 2.75) is 46.1 Å². The zero-order valence-corrected chi connectivity index (χ0v) is 12.0. The van der Waals surface area contributed by atoms with Gasteiger partial charge in [-0.25, -0.2) is 0 Å². The van der Waals surface area contributed by atoms with Crippen LogP contribution in [-0.4, -0.2) is 61.7 Å². The Balaban J connectivity index is 2.13. The number of hydrogen-bond donors (Lipinski definition) is 1. The molecule has 1 fully saturated rings. The quantitative estimate of drug-likeness (QED) is 0.664. The normalized spacial score (nSPS) is 20.6. The van der Waals surface area contributed by atoms with E-state index in [1.165, 1.54) is 65.1 Å². The molecule has 3 heteroatoms. The lowest BCUT2D eigenvalue weighted by Crippen LogP contribution is -2.38. The molecular formula is C14H31N3. The Morgan fingerprint density at radius 1 is 1.00 bits per heavy atom. The van der Waals surface area contributed by atoms with Crippen LogP contribution in [0.2, 0.25) is 0 Å². The molecule has 3 nitrogen and oxygen atoms in total. The van der Waals surface area contributed by atoms with Crippen molar-refractivity contribution >= 4 is 0 Å². The van der Waals surface area contributed by atoms with Crippen LogP contribution in [0.1, 0.15) is 40.0 Å². The number of likely N-dealkylation sites (N-methyl/N-ethyl adjacent to an activating group) is 1. The first-order valence-corrected chi connectivity index (χ1v) is 7.48. The maximum absolute atomic E-state index is 3.59. The molecule has 0 aromatic heterocycles. The minimum absolute atomic E-state index is 0.753. The van der Waals surface area contributed by atoms with Crippen LogP contribution in [0, 0.1) is 0 Å². The summed E-state index contributed by atoms with van der Waals surface area (Å²) in [4.78, 5) is 5.12. The average molecular weight is 241 g/mol. The summed E-state index contributed by atoms with van der Waals surface area (Å²) in [6.07, 6.45) is 4.04. The predicted octanol–water partition coefficient (Wildman–Crippen LogP) is 1.79. The first kappa shape index (κ1) is 14.9. The Labute approximate surface area is 108 Å². The third-order valence-electron chi connectivity index (χ3n) is 3.93. The fourth-order valence-corrected chi connectivity index (χ4v) is 2.66. The topological polar surface area (TPSA) is 18.5 Å². The van der Waals surface area contributed by atoms with Gasteiger partial charge in [-0.1, -0.05) is 20.8 Å². The van der Waals surface area contributed by atoms with Gasteiger partial charge in [0.25, 0.3) is 0 Å². The molecule has 0 bridgehead atoms. The molecule has 0 saturated carbocycles. The van der Waals surface area contributed by atoms with Crippen molar-refractivity contribution in [3.8, 4) is 0 Å². The zero-order chi connectivity index (χ0) is 12.5. The van der Waals surface area contributed by atoms with E-state index in [0.29, 0.717) is 0 Å². The van der Waals surface area contributed by atoms with Crippen LogP contribution in [0.25, 0.3) is 0 Å². The maximum atomic E-state index is 3.59. The largest absolute Gasteiger partial charge is 0.313 e. The third kappa shape index (κ3) is 5.84. The highest BCUT2D eigenvalue weighted by Gasteiger charge is 2.16. The van der Waals surface area contributed by atoms with Gasteiger partial charge >= 0.3 is 0 Å². The minimum Gasteiger partial charge on any atom is -0.313 e. The maximum Gasteiger partial charge on any atom is 0.0195 e. The molecule has 0 aliphatic carbocycles. The van der Waals surface area contributed by atoms with Crippen molar-refractivity contribution in [3.63, 3.8) is 0 Å². The molecule has 0 aromatic carbocycles. The molecule has 17 heavy (non-hydrogen) atoms. The van der Waals surface area contributed by atoms with Gasteiger partial charge in [0.2, 0.25) is 0 Å². The monoisotopic (exact) mass is 241 g/mol. The number of hydrogen-bond acceptors (Lipinski definition) is 3. The zero-order valence-electron chi connectivity index (χ0n) is 12.0. The van der Waals surface area contributed by atoms with Crippen LogP contribution >= 0.6 is 0 Å². The van der Waals surface area contributed by atoms with E-state index in [4.69, 9.17) is 0 Å². The average Bonchev–Trinajstić information content (AvgIpc) is 2.86. The van der Waals surface area contributed by atoms with Gasteiger partial charge in [0, 0.05) is 12.6 Å². The van der Waals surface area contributed by atoms with E-state index in [2.05, 4.69) is 35.9 Å². The highest BCUT2D eigenvalue weighted by molar-refractivity contribution is 4.77. The van der Waals surface area contributed by atoms with E-state index < -0.39 is 0 Å². The smallest absolute Gasteiger partial charge is 0.0195 e. The van der Waals surface area contributed by atoms with Gasteiger partial charge in [-0.2, -0.15) is 0 Å². The van der Waals surface area contributed by atoms with Gasteiger partial charge in [0.15, 0.2) is 0 Å². The SMILES string of the molecule is CCN(CC)CCCN(CC)CC1CCCN1. The summed E-state index contributed by atoms with van der Waals surface area (Å²) in [6.45, 7) is 15.3. The van der Waals surface area contributed by atoms with Crippen LogP contribution in [-0.2, 0) is 0 Å². The summed E-state index contributed by atoms with van der Waals surface area (Å²) in [7, 11) is 0. The molecule has 1 aliphatic heterocycles. The Morgan fingerprint density at radius 2 is 1.65 bits per heavy atom. The van der Waals surface area contributed by atoms with Crippen molar-refractivity contribution in [2.75, 3.05) is 45.8 Å². The lowest BCUT2D eigenvalue weighted by molar-refractivity contribution is 0.230. The molecule has 1 atom stereocenters. The molecule has 0 aromatic rings. The van der Waals surface area contributed by atoms with Crippen LogP contribution in [0.4, 0.5) is 0 Å². The van der Waals surface area contributed by atoms with Gasteiger partial charge in [0.1, 0.15) is 0 Å². The molecule has 0 amide bonds. The van der Waals surface area contributed by atoms with E-state index in [9.17, 15) is 0 Å². The second-order valence-corrected chi connectivity index (χ2v) is 5.07. The lowest BCUT2D eigenvalue weighted by Gasteiger charge is -2.25. The van der Waals surface area contributed by atoms with Gasteiger partial charge in [-0.05, 0) is 58.5 Å². The molecule has 0 spiro atoms. The van der Waals surface area contributed by atoms with E-state index >= 15 is 0 Å². The van der Waals surface area contributed by atoms with E-state index in [1.807, 2.05) is 0 Å². The molecule has 1 heterocycles. The van der Waals surface area contributed by atoms with Crippen molar-refractivity contribution in [3.05, 3.63) is 0 Å². The molecule has 1 saturated heterocycles. The molecule has 1 rings (SSSR count). The van der Waals surface area contributed by atoms with Gasteiger partial charge in [-0.15, -0.1) is 0 Å². The number of nitrogens with zero attached hydrogens (tertiary/aromatic N) is 2. The highest BCUT2D eigenvalue weighted by atomic mass is 15.2. The number of nitrogens with one attached hydrogen (secondary N) is 1. The summed E-state index contributed by atoms with van der Waals surface area (Å²) in [5.41, 5.74) is 0. The fraction of sp³-hybridized carbons (Fsp3) is 1.00. The Kier molecular flexibility index (Phi) is 7.82. The molecular weight excluding hydrogens is 210 g/mol. The second kappa shape index (κ2) is 8.90. The Morgan fingerprint density at radius 3 is 2.18 bits per heavy atom. The Hall–Kier alpha value is -0.120. The van der Waals surface area contributed by atoms with Crippen LogP contribution in [0.5, 0.6) is 0 Å². The predicted molar refractivity (Wildman–Crippen MR) is 75.5 cm³/mol.